The van der Waals surface area contributed by atoms with Crippen molar-refractivity contribution < 1.29 is 0 Å². The molecule has 1 aromatic heterocycles. The average molecular weight is 728 g/mol. The fourth-order valence-electron chi connectivity index (χ4n) is 7.50. The van der Waals surface area contributed by atoms with Gasteiger partial charge in [-0.2, -0.15) is 0 Å². The monoisotopic (exact) mass is 727 g/mol. The molecule has 0 aliphatic heterocycles. The summed E-state index contributed by atoms with van der Waals surface area (Å²) in [6, 6.07) is 40.0. The number of hydrogen-bond donors (Lipinski definition) is 0. The summed E-state index contributed by atoms with van der Waals surface area (Å²) < 4.78 is 0. The first-order chi connectivity index (χ1) is 26.9. The normalized spacial score (nSPS) is 11.3. The van der Waals surface area contributed by atoms with Crippen LogP contribution in [0.3, 0.4) is 0 Å². The lowest BCUT2D eigenvalue weighted by atomic mass is 9.99. The summed E-state index contributed by atoms with van der Waals surface area (Å²) in [6.45, 7) is 11.1. The van der Waals surface area contributed by atoms with Crippen molar-refractivity contribution in [2.75, 3.05) is 0 Å². The van der Waals surface area contributed by atoms with Gasteiger partial charge in [-0.15, -0.1) is 0 Å². The van der Waals surface area contributed by atoms with E-state index in [9.17, 15) is 0 Å². The topological polar surface area (TPSA) is 38.7 Å². The van der Waals surface area contributed by atoms with Crippen LogP contribution >= 0.6 is 0 Å². The van der Waals surface area contributed by atoms with Crippen LogP contribution in [-0.4, -0.2) is 15.0 Å². The van der Waals surface area contributed by atoms with Crippen molar-refractivity contribution in [3.05, 3.63) is 137 Å². The number of unbranched alkanes of at least 4 members (excludes halogenated alkanes) is 10. The molecule has 284 valence electrons. The molecule has 3 heteroatoms. The molecule has 0 atom stereocenters. The molecule has 0 radical (unpaired) electrons. The van der Waals surface area contributed by atoms with Gasteiger partial charge in [0.2, 0.25) is 0 Å². The number of aromatic nitrogens is 3. The third kappa shape index (κ3) is 11.1. The average Bonchev–Trinajstić information content (AvgIpc) is 3.23. The Labute approximate surface area is 331 Å². The van der Waals surface area contributed by atoms with Crippen molar-refractivity contribution in [2.24, 2.45) is 0 Å². The van der Waals surface area contributed by atoms with Gasteiger partial charge in [0, 0.05) is 16.7 Å². The second-order valence-corrected chi connectivity index (χ2v) is 15.6. The molecule has 0 unspecified atom stereocenters. The Morgan fingerprint density at radius 3 is 0.982 bits per heavy atom. The molecule has 55 heavy (non-hydrogen) atoms. The van der Waals surface area contributed by atoms with E-state index in [0.717, 1.165) is 29.5 Å². The lowest BCUT2D eigenvalue weighted by Crippen LogP contribution is -2.01. The predicted molar refractivity (Wildman–Crippen MR) is 235 cm³/mol. The van der Waals surface area contributed by atoms with Crippen LogP contribution < -0.4 is 0 Å². The van der Waals surface area contributed by atoms with Crippen molar-refractivity contribution in [3.8, 4) is 56.4 Å². The summed E-state index contributed by atoms with van der Waals surface area (Å²) in [4.78, 5) is 15.2. The zero-order valence-corrected chi connectivity index (χ0v) is 34.1. The van der Waals surface area contributed by atoms with E-state index in [-0.39, 0.29) is 0 Å². The Balaban J connectivity index is 1.20. The highest BCUT2D eigenvalue weighted by molar-refractivity contribution is 5.72. The molecule has 0 aliphatic rings. The number of nitrogens with zero attached hydrogens (tertiary/aromatic N) is 3. The second-order valence-electron chi connectivity index (χ2n) is 15.6. The van der Waals surface area contributed by atoms with Gasteiger partial charge in [0.1, 0.15) is 0 Å². The van der Waals surface area contributed by atoms with E-state index in [0.29, 0.717) is 17.5 Å². The molecular weight excluding hydrogens is 667 g/mol. The lowest BCUT2D eigenvalue weighted by Gasteiger charge is -2.12. The largest absolute Gasteiger partial charge is 0.208 e. The molecule has 3 nitrogen and oxygen atoms in total. The molecule has 0 amide bonds. The molecule has 0 aliphatic carbocycles. The number of aryl methyl sites for hydroxylation is 4. The summed E-state index contributed by atoms with van der Waals surface area (Å²) in [5, 5.41) is 0. The molecule has 1 heterocycles. The maximum absolute atomic E-state index is 5.07. The van der Waals surface area contributed by atoms with E-state index in [1.54, 1.807) is 0 Å². The number of hydrogen-bond acceptors (Lipinski definition) is 3. The minimum atomic E-state index is 0.682. The first-order valence-electron chi connectivity index (χ1n) is 21.2. The minimum absolute atomic E-state index is 0.682. The van der Waals surface area contributed by atoms with Crippen LogP contribution in [0.1, 0.15) is 119 Å². The van der Waals surface area contributed by atoms with Gasteiger partial charge in [0.05, 0.1) is 0 Å². The smallest absolute Gasteiger partial charge is 0.164 e. The van der Waals surface area contributed by atoms with Gasteiger partial charge in [0.15, 0.2) is 17.5 Å². The SMILES string of the molecule is CCCCCCCCc1ccc(-c2ccc(-c3nc(-c4ccc(-c5ccc(CCCCCCCC)cc5)cc4)nc(-c4cc(C)c(C)c(C)c4)n3)cc2)cc1. The molecule has 0 saturated carbocycles. The van der Waals surface area contributed by atoms with Gasteiger partial charge in [-0.3, -0.25) is 0 Å². The molecule has 5 aromatic carbocycles. The maximum Gasteiger partial charge on any atom is 0.164 e. The first-order valence-corrected chi connectivity index (χ1v) is 21.2. The maximum atomic E-state index is 5.07. The predicted octanol–water partition coefficient (Wildman–Crippen LogP) is 14.9. The Kier molecular flexibility index (Phi) is 14.6. The Morgan fingerprint density at radius 1 is 0.327 bits per heavy atom. The molecule has 6 aromatic rings. The van der Waals surface area contributed by atoms with Gasteiger partial charge in [-0.1, -0.05) is 175 Å². The van der Waals surface area contributed by atoms with Crippen LogP contribution in [0.25, 0.3) is 56.4 Å². The van der Waals surface area contributed by atoms with Crippen LogP contribution in [-0.2, 0) is 12.8 Å². The molecule has 0 saturated heterocycles. The van der Waals surface area contributed by atoms with E-state index in [1.165, 1.54) is 127 Å². The van der Waals surface area contributed by atoms with Gasteiger partial charge in [-0.05, 0) is 109 Å². The van der Waals surface area contributed by atoms with E-state index in [4.69, 9.17) is 15.0 Å². The lowest BCUT2D eigenvalue weighted by molar-refractivity contribution is 0.607. The Bertz CT molecular complexity index is 1930. The van der Waals surface area contributed by atoms with Crippen LogP contribution in [0.2, 0.25) is 0 Å². The van der Waals surface area contributed by atoms with E-state index >= 15 is 0 Å². The molecule has 0 spiro atoms. The van der Waals surface area contributed by atoms with Crippen LogP contribution in [0.5, 0.6) is 0 Å². The van der Waals surface area contributed by atoms with Gasteiger partial charge in [0.25, 0.3) is 0 Å². The second kappa shape index (κ2) is 20.1. The summed E-state index contributed by atoms with van der Waals surface area (Å²) in [5.41, 5.74) is 14.4. The number of benzene rings is 5. The van der Waals surface area contributed by atoms with E-state index in [2.05, 4.69) is 144 Å². The standard InChI is InChI=1S/C52H61N3/c1-6-8-10-12-14-16-18-41-20-24-43(25-21-41)45-28-32-47(33-29-45)50-53-51(55-52(54-50)49-36-38(3)40(5)39(4)37-49)48-34-30-46(31-35-48)44-26-22-42(23-27-44)19-17-15-13-11-9-7-2/h20-37H,6-19H2,1-5H3. The quantitative estimate of drug-likeness (QED) is 0.0780. The van der Waals surface area contributed by atoms with Crippen LogP contribution in [0, 0.1) is 20.8 Å². The first kappa shape index (κ1) is 39.8. The molecule has 0 bridgehead atoms. The van der Waals surface area contributed by atoms with E-state index < -0.39 is 0 Å². The zero-order valence-electron chi connectivity index (χ0n) is 34.1. The highest BCUT2D eigenvalue weighted by atomic mass is 15.0. The third-order valence-corrected chi connectivity index (χ3v) is 11.3. The van der Waals surface area contributed by atoms with Crippen molar-refractivity contribution in [1.29, 1.82) is 0 Å². The van der Waals surface area contributed by atoms with Crippen LogP contribution in [0.4, 0.5) is 0 Å². The van der Waals surface area contributed by atoms with Gasteiger partial charge >= 0.3 is 0 Å². The van der Waals surface area contributed by atoms with Gasteiger partial charge < -0.3 is 0 Å². The number of rotatable bonds is 19. The summed E-state index contributed by atoms with van der Waals surface area (Å²) in [5.74, 6) is 2.06. The van der Waals surface area contributed by atoms with Gasteiger partial charge in [-0.25, -0.2) is 15.0 Å². The van der Waals surface area contributed by atoms with Crippen molar-refractivity contribution in [1.82, 2.24) is 15.0 Å². The molecular formula is C52H61N3. The Hall–Kier alpha value is -4.89. The van der Waals surface area contributed by atoms with Crippen molar-refractivity contribution >= 4 is 0 Å². The fourth-order valence-corrected chi connectivity index (χ4v) is 7.50. The molecule has 0 N–H and O–H groups in total. The van der Waals surface area contributed by atoms with Crippen molar-refractivity contribution in [3.63, 3.8) is 0 Å². The summed E-state index contributed by atoms with van der Waals surface area (Å²) in [6.07, 6.45) is 18.3. The zero-order chi connectivity index (χ0) is 38.4. The fraction of sp³-hybridized carbons (Fsp3) is 0.365. The molecule has 6 rings (SSSR count). The van der Waals surface area contributed by atoms with E-state index in [1.807, 2.05) is 0 Å². The molecule has 0 fully saturated rings. The highest BCUT2D eigenvalue weighted by Gasteiger charge is 2.14. The van der Waals surface area contributed by atoms with Crippen LogP contribution in [0.15, 0.2) is 109 Å². The van der Waals surface area contributed by atoms with Crippen molar-refractivity contribution in [2.45, 2.75) is 125 Å². The summed E-state index contributed by atoms with van der Waals surface area (Å²) in [7, 11) is 0. The highest BCUT2D eigenvalue weighted by Crippen LogP contribution is 2.30. The Morgan fingerprint density at radius 2 is 0.618 bits per heavy atom. The minimum Gasteiger partial charge on any atom is -0.208 e. The third-order valence-electron chi connectivity index (χ3n) is 11.3. The summed E-state index contributed by atoms with van der Waals surface area (Å²) >= 11 is 0.